The number of nitrogen functional groups attached to an aromatic ring is 1. The Balaban J connectivity index is 1.07. The second-order valence-electron chi connectivity index (χ2n) is 11.9. The maximum atomic E-state index is 12.5. The van der Waals surface area contributed by atoms with Gasteiger partial charge in [0.05, 0.1) is 43.1 Å². The van der Waals surface area contributed by atoms with E-state index >= 15 is 0 Å². The number of unbranched alkanes of at least 4 members (excludes halogenated alkanes) is 3. The van der Waals surface area contributed by atoms with Gasteiger partial charge in [-0.1, -0.05) is 96.7 Å². The van der Waals surface area contributed by atoms with Crippen LogP contribution in [0.15, 0.2) is 79.1 Å². The first-order valence-corrected chi connectivity index (χ1v) is 16.9. The molecule has 10 nitrogen and oxygen atoms in total. The highest BCUT2D eigenvalue weighted by Gasteiger charge is 2.33. The highest BCUT2D eigenvalue weighted by molar-refractivity contribution is 6.40. The monoisotopic (exact) mass is 693 g/mol. The van der Waals surface area contributed by atoms with Gasteiger partial charge in [0.1, 0.15) is 5.15 Å². The number of ether oxygens (including phenoxy) is 2. The highest BCUT2D eigenvalue weighted by Crippen LogP contribution is 2.39. The Morgan fingerprint density at radius 3 is 2.21 bits per heavy atom. The fourth-order valence-corrected chi connectivity index (χ4v) is 5.87. The quantitative estimate of drug-likeness (QED) is 0.0769. The fraction of sp³-hybridized carbons (Fsp3) is 0.361. The molecule has 254 valence electrons. The van der Waals surface area contributed by atoms with Gasteiger partial charge < -0.3 is 35.5 Å². The number of carbonyl (C=O) groups excluding carboxylic acids is 2. The van der Waals surface area contributed by atoms with Crippen molar-refractivity contribution in [2.24, 2.45) is 0 Å². The van der Waals surface area contributed by atoms with Crippen LogP contribution < -0.4 is 16.4 Å². The van der Waals surface area contributed by atoms with Crippen molar-refractivity contribution in [3.05, 3.63) is 112 Å². The van der Waals surface area contributed by atoms with Gasteiger partial charge in [-0.15, -0.1) is 0 Å². The number of anilines is 2. The number of aliphatic hydroxyl groups excluding tert-OH is 1. The molecule has 1 aliphatic heterocycles. The van der Waals surface area contributed by atoms with E-state index in [1.165, 1.54) is 0 Å². The predicted octanol–water partition coefficient (Wildman–Crippen LogP) is 7.11. The van der Waals surface area contributed by atoms with Gasteiger partial charge in [-0.2, -0.15) is 0 Å². The van der Waals surface area contributed by atoms with Gasteiger partial charge >= 0.3 is 0 Å². The van der Waals surface area contributed by atoms with E-state index in [-0.39, 0.29) is 35.8 Å². The molecule has 5 rings (SSSR count). The number of hydrogen-bond donors (Lipinski definition) is 4. The highest BCUT2D eigenvalue weighted by atomic mass is 35.5. The van der Waals surface area contributed by atoms with Gasteiger partial charge in [-0.3, -0.25) is 9.59 Å². The summed E-state index contributed by atoms with van der Waals surface area (Å²) in [6.45, 7) is 0.838. The molecule has 1 fully saturated rings. The van der Waals surface area contributed by atoms with Crippen molar-refractivity contribution in [1.82, 2.24) is 14.9 Å². The van der Waals surface area contributed by atoms with Crippen LogP contribution in [-0.4, -0.2) is 32.6 Å². The molecule has 2 heterocycles. The van der Waals surface area contributed by atoms with E-state index in [0.29, 0.717) is 48.9 Å². The molecule has 0 radical (unpaired) electrons. The molecule has 2 amide bonds. The second-order valence-corrected chi connectivity index (χ2v) is 12.6. The Hall–Kier alpha value is -3.93. The Morgan fingerprint density at radius 1 is 0.875 bits per heavy atom. The number of rotatable bonds is 15. The van der Waals surface area contributed by atoms with Gasteiger partial charge in [-0.05, 0) is 41.7 Å². The molecule has 5 N–H and O–H groups in total. The zero-order chi connectivity index (χ0) is 33.9. The molecule has 0 aliphatic carbocycles. The standard InChI is InChI=1S/C36H41Cl2N5O5/c37-34-35(38)43(23-41-34)21-28-19-31(26-15-13-25(22-44)14-16-26)48-36(47-28)27-17-11-24(12-18-27)20-40-32(45)9-3-1-2-4-10-33(46)42-30-8-6-5-7-29(30)39/h5-8,11-18,23,28,31,36,44H,1-4,9-10,19-22,39H2,(H,40,45)(H,42,46)/t28-,31+,36+/m0/s1. The topological polar surface area (TPSA) is 141 Å². The molecule has 0 bridgehead atoms. The summed E-state index contributed by atoms with van der Waals surface area (Å²) < 4.78 is 14.6. The number of hydrogen-bond acceptors (Lipinski definition) is 7. The minimum Gasteiger partial charge on any atom is -0.397 e. The van der Waals surface area contributed by atoms with Crippen LogP contribution in [0.5, 0.6) is 0 Å². The maximum absolute atomic E-state index is 12.5. The minimum absolute atomic E-state index is 0.00788. The number of imidazole rings is 1. The molecule has 12 heteroatoms. The van der Waals surface area contributed by atoms with Crippen molar-refractivity contribution in [2.75, 3.05) is 11.1 Å². The maximum Gasteiger partial charge on any atom is 0.224 e. The number of halogens is 2. The minimum atomic E-state index is -0.629. The third-order valence-electron chi connectivity index (χ3n) is 8.28. The summed E-state index contributed by atoms with van der Waals surface area (Å²) in [5.41, 5.74) is 10.7. The molecule has 0 unspecified atom stereocenters. The fourth-order valence-electron chi connectivity index (χ4n) is 5.55. The van der Waals surface area contributed by atoms with E-state index in [2.05, 4.69) is 15.6 Å². The smallest absolute Gasteiger partial charge is 0.224 e. The summed E-state index contributed by atoms with van der Waals surface area (Å²) in [6.07, 6.45) is 5.18. The van der Waals surface area contributed by atoms with E-state index < -0.39 is 6.29 Å². The summed E-state index contributed by atoms with van der Waals surface area (Å²) in [4.78, 5) is 28.7. The third kappa shape index (κ3) is 10.0. The zero-order valence-electron chi connectivity index (χ0n) is 26.6. The summed E-state index contributed by atoms with van der Waals surface area (Å²) in [5.74, 6) is -0.0670. The molecule has 48 heavy (non-hydrogen) atoms. The van der Waals surface area contributed by atoms with Crippen molar-refractivity contribution in [3.8, 4) is 0 Å². The number of amides is 2. The number of aromatic nitrogens is 2. The number of nitrogens with two attached hydrogens (primary N) is 1. The number of aliphatic hydroxyl groups is 1. The van der Waals surface area contributed by atoms with Crippen LogP contribution in [0.2, 0.25) is 10.3 Å². The zero-order valence-corrected chi connectivity index (χ0v) is 28.1. The van der Waals surface area contributed by atoms with Gasteiger partial charge in [-0.25, -0.2) is 4.98 Å². The number of para-hydroxylation sites is 2. The number of carbonyl (C=O) groups is 2. The van der Waals surface area contributed by atoms with Crippen LogP contribution in [0.25, 0.3) is 0 Å². The molecule has 4 aromatic rings. The summed E-state index contributed by atoms with van der Waals surface area (Å²) in [6, 6.07) is 22.7. The lowest BCUT2D eigenvalue weighted by molar-refractivity contribution is -0.252. The first-order valence-electron chi connectivity index (χ1n) is 16.2. The molecular formula is C36H41Cl2N5O5. The van der Waals surface area contributed by atoms with Crippen LogP contribution >= 0.6 is 23.2 Å². The Morgan fingerprint density at radius 2 is 1.54 bits per heavy atom. The van der Waals surface area contributed by atoms with Crippen molar-refractivity contribution < 1.29 is 24.2 Å². The summed E-state index contributed by atoms with van der Waals surface area (Å²) in [5, 5.41) is 15.9. The first kappa shape index (κ1) is 35.4. The van der Waals surface area contributed by atoms with Gasteiger partial charge in [0.25, 0.3) is 0 Å². The predicted molar refractivity (Wildman–Crippen MR) is 186 cm³/mol. The van der Waals surface area contributed by atoms with Crippen molar-refractivity contribution >= 4 is 46.4 Å². The molecule has 0 saturated carbocycles. The third-order valence-corrected chi connectivity index (χ3v) is 9.05. The average molecular weight is 695 g/mol. The van der Waals surface area contributed by atoms with E-state index in [0.717, 1.165) is 47.9 Å². The first-order chi connectivity index (χ1) is 23.3. The van der Waals surface area contributed by atoms with E-state index in [4.69, 9.17) is 38.4 Å². The Bertz CT molecular complexity index is 1650. The van der Waals surface area contributed by atoms with Crippen LogP contribution in [0.1, 0.15) is 79.6 Å². The lowest BCUT2D eigenvalue weighted by atomic mass is 10.00. The van der Waals surface area contributed by atoms with Crippen molar-refractivity contribution in [1.29, 1.82) is 0 Å². The van der Waals surface area contributed by atoms with Crippen LogP contribution in [0.4, 0.5) is 11.4 Å². The Labute approximate surface area is 290 Å². The lowest BCUT2D eigenvalue weighted by Gasteiger charge is -2.36. The van der Waals surface area contributed by atoms with E-state index in [1.54, 1.807) is 23.0 Å². The van der Waals surface area contributed by atoms with E-state index in [1.807, 2.05) is 60.7 Å². The van der Waals surface area contributed by atoms with Crippen LogP contribution in [0.3, 0.4) is 0 Å². The second kappa shape index (κ2) is 17.5. The van der Waals surface area contributed by atoms with Crippen molar-refractivity contribution in [3.63, 3.8) is 0 Å². The van der Waals surface area contributed by atoms with Crippen LogP contribution in [0, 0.1) is 0 Å². The van der Waals surface area contributed by atoms with Crippen molar-refractivity contribution in [2.45, 2.75) is 83.1 Å². The molecule has 1 aromatic heterocycles. The summed E-state index contributed by atoms with van der Waals surface area (Å²) in [7, 11) is 0. The van der Waals surface area contributed by atoms with Gasteiger partial charge in [0.2, 0.25) is 11.8 Å². The van der Waals surface area contributed by atoms with Gasteiger partial charge in [0.15, 0.2) is 11.4 Å². The molecule has 1 aliphatic rings. The number of nitrogens with zero attached hydrogens (tertiary/aromatic N) is 2. The molecule has 0 spiro atoms. The van der Waals surface area contributed by atoms with Gasteiger partial charge in [0, 0.05) is 31.4 Å². The van der Waals surface area contributed by atoms with E-state index in [9.17, 15) is 14.7 Å². The molecule has 3 aromatic carbocycles. The lowest BCUT2D eigenvalue weighted by Crippen LogP contribution is -2.32. The number of benzene rings is 3. The largest absolute Gasteiger partial charge is 0.397 e. The Kier molecular flexibility index (Phi) is 12.9. The van der Waals surface area contributed by atoms with Crippen LogP contribution in [-0.2, 0) is 38.8 Å². The molecular weight excluding hydrogens is 653 g/mol. The normalized spacial score (nSPS) is 17.6. The average Bonchev–Trinajstić information content (AvgIpc) is 3.42. The summed E-state index contributed by atoms with van der Waals surface area (Å²) >= 11 is 12.4. The SMILES string of the molecule is Nc1ccccc1NC(=O)CCCCCCC(=O)NCc1ccc([C@@H]2O[C@H](Cn3cnc(Cl)c3Cl)C[C@H](c3ccc(CO)cc3)O2)cc1. The number of nitrogens with one attached hydrogen (secondary N) is 2. The molecule has 1 saturated heterocycles. The molecule has 3 atom stereocenters.